The number of benzene rings is 8. The number of aromatic nitrogens is 2. The van der Waals surface area contributed by atoms with Crippen molar-refractivity contribution in [2.24, 2.45) is 10.9 Å². The molecule has 30 heteroatoms. The van der Waals surface area contributed by atoms with Crippen molar-refractivity contribution in [2.75, 3.05) is 10.9 Å². The lowest BCUT2D eigenvalue weighted by Gasteiger charge is -2.10. The fourth-order valence-corrected chi connectivity index (χ4v) is 12.0. The minimum Gasteiger partial charge on any atom is -0.508 e. The number of phenols is 4. The van der Waals surface area contributed by atoms with Crippen molar-refractivity contribution in [3.05, 3.63) is 237 Å². The number of carbonyl (C=O) groups excluding carboxylic acids is 3. The van der Waals surface area contributed by atoms with Crippen LogP contribution in [0.4, 0.5) is 33.3 Å². The van der Waals surface area contributed by atoms with Gasteiger partial charge in [-0.25, -0.2) is 26.9 Å². The van der Waals surface area contributed by atoms with Crippen LogP contribution in [0.3, 0.4) is 0 Å². The van der Waals surface area contributed by atoms with Crippen molar-refractivity contribution in [2.45, 2.75) is 72.6 Å². The highest BCUT2D eigenvalue weighted by atomic mass is 79.9. The summed E-state index contributed by atoms with van der Waals surface area (Å²) in [6, 6.07) is 36.9. The summed E-state index contributed by atoms with van der Waals surface area (Å²) >= 11 is 32.2. The number of Topliss-reactive ketones (excluding diaryl/α,β-unsaturated/α-hetero) is 1. The Hall–Kier alpha value is -5.76. The van der Waals surface area contributed by atoms with E-state index in [4.69, 9.17) is 27.3 Å². The zero-order valence-corrected chi connectivity index (χ0v) is 67.0. The minimum atomic E-state index is -0.685. The summed E-state index contributed by atoms with van der Waals surface area (Å²) in [7, 11) is 0. The maximum atomic E-state index is 14.3. The number of aromatic amines is 1. The predicted octanol–water partition coefficient (Wildman–Crippen LogP) is 24.1. The number of anilines is 2. The third-order valence-corrected chi connectivity index (χ3v) is 17.1. The summed E-state index contributed by atoms with van der Waals surface area (Å²) in [5, 5.41) is 43.5. The Kier molecular flexibility index (Phi) is 39.2. The number of nitrogens with two attached hydrogens (primary N) is 1. The van der Waals surface area contributed by atoms with Gasteiger partial charge in [0.2, 0.25) is 0 Å². The number of aromatic hydroxyl groups is 4. The van der Waals surface area contributed by atoms with Gasteiger partial charge >= 0.3 is 5.97 Å². The Bertz CT molecular complexity index is 4160. The van der Waals surface area contributed by atoms with E-state index in [9.17, 15) is 51.7 Å². The molecular weight excluding hydrogens is 1870 g/mol. The summed E-state index contributed by atoms with van der Waals surface area (Å²) in [6.45, 7) is 7.69. The zero-order chi connectivity index (χ0) is 72.1. The van der Waals surface area contributed by atoms with E-state index >= 15 is 0 Å². The Balaban J connectivity index is 0.000000306. The molecule has 8 aromatic carbocycles. The van der Waals surface area contributed by atoms with E-state index in [1.807, 2.05) is 94.4 Å². The number of aryl methyl sites for hydroxylation is 1. The number of phenolic OH excluding ortho intramolecular Hbond substituents is 4. The van der Waals surface area contributed by atoms with Gasteiger partial charge in [0.15, 0.2) is 16.5 Å². The molecular formula is C68H61Br8Cl2F5N6O8S. The van der Waals surface area contributed by atoms with Crippen LogP contribution in [-0.4, -0.2) is 54.1 Å². The molecule has 0 saturated heterocycles. The molecule has 0 bridgehead atoms. The van der Waals surface area contributed by atoms with Crippen LogP contribution in [0.1, 0.15) is 97.4 Å². The number of H-pyrrole nitrogens is 1. The summed E-state index contributed by atoms with van der Waals surface area (Å²) in [5.74, 6) is 1.55. The van der Waals surface area contributed by atoms with Crippen molar-refractivity contribution in [3.63, 3.8) is 0 Å². The Morgan fingerprint density at radius 3 is 1.56 bits per heavy atom. The molecule has 0 aliphatic carbocycles. The smallest absolute Gasteiger partial charge is 0.311 e. The molecule has 2 aromatic heterocycles. The first kappa shape index (κ1) is 86.5. The number of ether oxygens (including phenoxy) is 1. The zero-order valence-electron chi connectivity index (χ0n) is 51.9. The maximum Gasteiger partial charge on any atom is 0.311 e. The van der Waals surface area contributed by atoms with Gasteiger partial charge in [-0.15, -0.1) is 12.4 Å². The van der Waals surface area contributed by atoms with E-state index in [1.165, 1.54) is 78.2 Å². The van der Waals surface area contributed by atoms with Crippen LogP contribution < -0.4 is 21.4 Å². The lowest BCUT2D eigenvalue weighted by molar-refractivity contribution is -0.134. The van der Waals surface area contributed by atoms with E-state index < -0.39 is 29.1 Å². The second-order valence-electron chi connectivity index (χ2n) is 19.7. The number of nitrogens with one attached hydrogen (secondary N) is 3. The molecule has 0 fully saturated rings. The highest BCUT2D eigenvalue weighted by molar-refractivity contribution is 9.11. The van der Waals surface area contributed by atoms with Crippen LogP contribution in [0.5, 0.6) is 28.7 Å². The number of halogens is 15. The number of ketones is 1. The van der Waals surface area contributed by atoms with Gasteiger partial charge < -0.3 is 35.6 Å². The van der Waals surface area contributed by atoms with Crippen LogP contribution in [0.15, 0.2) is 187 Å². The van der Waals surface area contributed by atoms with Gasteiger partial charge in [0.25, 0.3) is 0 Å². The molecule has 10 rings (SSSR count). The lowest BCUT2D eigenvalue weighted by atomic mass is 10.0. The van der Waals surface area contributed by atoms with Gasteiger partial charge in [-0.2, -0.15) is 5.10 Å². The molecule has 0 unspecified atom stereocenters. The number of nitrogens with zero attached hydrogens (tertiary/aromatic N) is 2. The number of hydrogen-bond acceptors (Lipinski definition) is 14. The minimum absolute atomic E-state index is 0. The van der Waals surface area contributed by atoms with Crippen molar-refractivity contribution in [1.82, 2.24) is 9.97 Å². The van der Waals surface area contributed by atoms with Crippen molar-refractivity contribution in [1.29, 1.82) is 0 Å². The molecule has 0 aliphatic rings. The second-order valence-corrected chi connectivity index (χ2v) is 28.7. The number of carbonyl (C=O) groups is 3. The summed E-state index contributed by atoms with van der Waals surface area (Å²) in [5.41, 5.74) is 10.3. The molecule has 0 saturated carbocycles. The number of esters is 1. The maximum absolute atomic E-state index is 14.3. The number of thiazole rings is 1. The molecule has 14 nitrogen and oxygen atoms in total. The van der Waals surface area contributed by atoms with E-state index in [1.54, 1.807) is 6.07 Å². The molecule has 0 atom stereocenters. The molecule has 522 valence electrons. The first-order valence-electron chi connectivity index (χ1n) is 28.6. The van der Waals surface area contributed by atoms with Crippen molar-refractivity contribution in [3.8, 4) is 40.0 Å². The third-order valence-electron chi connectivity index (χ3n) is 12.3. The van der Waals surface area contributed by atoms with E-state index in [-0.39, 0.29) is 76.0 Å². The molecule has 0 amide bonds. The second kappa shape index (κ2) is 44.5. The van der Waals surface area contributed by atoms with Gasteiger partial charge in [0.1, 0.15) is 57.8 Å². The number of rotatable bonds is 15. The number of fused-ring (bicyclic) bond motifs is 1. The van der Waals surface area contributed by atoms with Gasteiger partial charge in [-0.05, 0) is 159 Å². The first-order chi connectivity index (χ1) is 46.0. The first-order valence-corrected chi connectivity index (χ1v) is 36.1. The quantitative estimate of drug-likeness (QED) is 0.00700. The lowest BCUT2D eigenvalue weighted by Crippen LogP contribution is -2.07. The van der Waals surface area contributed by atoms with Crippen molar-refractivity contribution < 1.29 is 61.5 Å². The van der Waals surface area contributed by atoms with Crippen LogP contribution in [-0.2, 0) is 11.2 Å². The van der Waals surface area contributed by atoms with E-state index in [0.717, 1.165) is 72.9 Å². The Labute approximate surface area is 644 Å². The van der Waals surface area contributed by atoms with Crippen LogP contribution in [0, 0.1) is 29.1 Å². The number of nitrogen functional groups attached to an aromatic ring is 1. The van der Waals surface area contributed by atoms with Crippen molar-refractivity contribution >= 4 is 209 Å². The van der Waals surface area contributed by atoms with E-state index in [0.29, 0.717) is 62.4 Å². The molecule has 0 radical (unpaired) electrons. The highest BCUT2D eigenvalue weighted by Gasteiger charge is 2.21. The summed E-state index contributed by atoms with van der Waals surface area (Å²) in [4.78, 5) is 39.8. The molecule has 98 heavy (non-hydrogen) atoms. The molecule has 0 aliphatic heterocycles. The fourth-order valence-electron chi connectivity index (χ4n) is 8.15. The average molecular weight is 1930 g/mol. The molecule has 2 heterocycles. The number of hydrazine groups is 1. The van der Waals surface area contributed by atoms with Crippen LogP contribution in [0.2, 0.25) is 4.47 Å². The van der Waals surface area contributed by atoms with Gasteiger partial charge in [0.05, 0.1) is 44.9 Å². The Morgan fingerprint density at radius 2 is 1.10 bits per heavy atom. The largest absolute Gasteiger partial charge is 0.508 e. The van der Waals surface area contributed by atoms with Crippen LogP contribution >= 0.6 is 163 Å². The number of hydrazone groups is 1. The molecule has 10 aromatic rings. The summed E-state index contributed by atoms with van der Waals surface area (Å²) < 4.78 is 77.6. The van der Waals surface area contributed by atoms with Gasteiger partial charge in [0, 0.05) is 77.3 Å². The number of aldehydes is 1. The van der Waals surface area contributed by atoms with Gasteiger partial charge in [-0.3, -0.25) is 25.7 Å². The standard InChI is InChI=1S/C16H15Br2FN2O.C16H12Br2FNO.2C10H10BrFO2.C6H4BrFO.C6H7BrN2.C4H2ClNOS.ClH/c1-2-3-14(16-13(19)8-11(18)9-15(16)22)21-20-12-6-4-10(17)5-7-12;1-2-10-11-5-8(17)3-4-13(11)20-16(10)15-12(19)6-9(18)7-14(15)21;1-2-3-10(13)14-9-5-7(11)4-8(12)6-9;1-2-3-8(13)10-7(12)4-6(11)5-9(10)14;7-4-1-5(8)3-6(9)2-4;7-5-1-3-6(9-8)4-2-5;5-4-6-1-3(2-7)8-4;/h4-9,20,22H,2-3H2,1H3;3-7,20-21H,2H2,1H3;4-6H,2-3H2,1H3;4-5,14H,2-3H2,1H3;1-3,9H;1-4,9H,8H2;1-2H;1H/b21-14-;;;;;;;. The third kappa shape index (κ3) is 29.4. The van der Waals surface area contributed by atoms with Gasteiger partial charge in [-0.1, -0.05) is 184 Å². The monoisotopic (exact) mass is 1920 g/mol. The SMILES string of the molecule is CCC/C(=N/Nc1ccc(Br)cc1)c1c(O)cc(Br)cc1F.CCCC(=O)Oc1cc(F)cc(Br)c1.CCCC(=O)c1c(O)cc(Br)cc1F.CCc1c(-c2c(O)cc(Br)cc2F)[nH]c2ccc(Br)cc12.Cl.NNc1ccc(Br)cc1.O=Cc1cnc(Cl)s1.Oc1cc(F)cc(Br)c1. The number of hydrogen-bond donors (Lipinski definition) is 8. The average Bonchev–Trinajstić information content (AvgIpc) is 1.61. The molecule has 0 spiro atoms. The normalized spacial score (nSPS) is 10.3. The highest BCUT2D eigenvalue weighted by Crippen LogP contribution is 2.40. The topological polar surface area (TPSA) is 232 Å². The van der Waals surface area contributed by atoms with E-state index in [2.05, 4.69) is 153 Å². The summed E-state index contributed by atoms with van der Waals surface area (Å²) in [6.07, 6.45) is 6.18. The Morgan fingerprint density at radius 1 is 0.602 bits per heavy atom. The van der Waals surface area contributed by atoms with Crippen LogP contribution in [0.25, 0.3) is 22.2 Å². The predicted molar refractivity (Wildman–Crippen MR) is 412 cm³/mol. The molecule has 9 N–H and O–H groups in total. The fraction of sp³-hybridized carbons (Fsp3) is 0.162.